The molecular formula is C16H24N6. The summed E-state index contributed by atoms with van der Waals surface area (Å²) in [6.45, 7) is 11.0. The van der Waals surface area contributed by atoms with E-state index in [1.165, 1.54) is 12.8 Å². The first kappa shape index (κ1) is 14.9. The molecule has 3 rings (SSSR count). The van der Waals surface area contributed by atoms with E-state index in [4.69, 9.17) is 0 Å². The molecule has 0 N–H and O–H groups in total. The molecule has 0 amide bonds. The molecule has 1 fully saturated rings. The minimum atomic E-state index is 0.579. The predicted octanol–water partition coefficient (Wildman–Crippen LogP) is 2.22. The van der Waals surface area contributed by atoms with Gasteiger partial charge in [-0.2, -0.15) is 5.10 Å². The van der Waals surface area contributed by atoms with Gasteiger partial charge in [-0.05, 0) is 46.5 Å². The molecule has 3 heterocycles. The molecule has 0 spiro atoms. The second-order valence-corrected chi connectivity index (χ2v) is 6.26. The van der Waals surface area contributed by atoms with Crippen molar-refractivity contribution in [3.8, 4) is 0 Å². The Kier molecular flexibility index (Phi) is 4.09. The highest BCUT2D eigenvalue weighted by Gasteiger charge is 2.23. The standard InChI is InChI=1S/C16H24N6/c1-11-8-17-12(2)16(18-11)21-7-5-6-15(9-21)10-22-14(4)19-13(3)20-22/h8,15H,5-7,9-10H2,1-4H3. The molecule has 1 aliphatic rings. The van der Waals surface area contributed by atoms with Crippen molar-refractivity contribution in [3.05, 3.63) is 29.2 Å². The molecule has 0 bridgehead atoms. The lowest BCUT2D eigenvalue weighted by molar-refractivity contribution is 0.346. The number of hydrogen-bond donors (Lipinski definition) is 0. The number of aryl methyl sites for hydroxylation is 4. The molecule has 118 valence electrons. The Morgan fingerprint density at radius 1 is 1.18 bits per heavy atom. The monoisotopic (exact) mass is 300 g/mol. The van der Waals surface area contributed by atoms with Crippen LogP contribution in [-0.2, 0) is 6.54 Å². The second kappa shape index (κ2) is 6.02. The molecule has 6 heteroatoms. The van der Waals surface area contributed by atoms with E-state index in [0.717, 1.165) is 48.5 Å². The van der Waals surface area contributed by atoms with E-state index in [1.807, 2.05) is 38.6 Å². The van der Waals surface area contributed by atoms with Crippen LogP contribution in [0.3, 0.4) is 0 Å². The van der Waals surface area contributed by atoms with Crippen molar-refractivity contribution in [2.24, 2.45) is 5.92 Å². The summed E-state index contributed by atoms with van der Waals surface area (Å²) < 4.78 is 2.04. The smallest absolute Gasteiger partial charge is 0.150 e. The Morgan fingerprint density at radius 3 is 2.73 bits per heavy atom. The Balaban J connectivity index is 1.74. The number of aromatic nitrogens is 5. The van der Waals surface area contributed by atoms with Crippen molar-refractivity contribution < 1.29 is 0 Å². The third kappa shape index (κ3) is 3.10. The van der Waals surface area contributed by atoms with Gasteiger partial charge in [0.1, 0.15) is 17.5 Å². The van der Waals surface area contributed by atoms with E-state index in [1.54, 1.807) is 0 Å². The molecule has 1 saturated heterocycles. The highest BCUT2D eigenvalue weighted by Crippen LogP contribution is 2.24. The predicted molar refractivity (Wildman–Crippen MR) is 85.9 cm³/mol. The first-order chi connectivity index (χ1) is 10.5. The van der Waals surface area contributed by atoms with Crippen LogP contribution < -0.4 is 4.90 Å². The minimum absolute atomic E-state index is 0.579. The molecular weight excluding hydrogens is 276 g/mol. The first-order valence-corrected chi connectivity index (χ1v) is 7.96. The molecule has 1 aliphatic heterocycles. The van der Waals surface area contributed by atoms with Crippen molar-refractivity contribution in [1.82, 2.24) is 24.7 Å². The van der Waals surface area contributed by atoms with Gasteiger partial charge in [-0.25, -0.2) is 14.6 Å². The first-order valence-electron chi connectivity index (χ1n) is 7.96. The van der Waals surface area contributed by atoms with E-state index in [2.05, 4.69) is 25.0 Å². The molecule has 2 aromatic heterocycles. The molecule has 1 atom stereocenters. The zero-order valence-electron chi connectivity index (χ0n) is 13.9. The van der Waals surface area contributed by atoms with Gasteiger partial charge >= 0.3 is 0 Å². The highest BCUT2D eigenvalue weighted by atomic mass is 15.3. The van der Waals surface area contributed by atoms with Gasteiger partial charge in [0.05, 0.1) is 11.4 Å². The van der Waals surface area contributed by atoms with Crippen molar-refractivity contribution in [3.63, 3.8) is 0 Å². The Hall–Kier alpha value is -1.98. The van der Waals surface area contributed by atoms with Gasteiger partial charge in [-0.15, -0.1) is 0 Å². The van der Waals surface area contributed by atoms with E-state index in [9.17, 15) is 0 Å². The summed E-state index contributed by atoms with van der Waals surface area (Å²) in [5.74, 6) is 3.47. The number of nitrogens with zero attached hydrogens (tertiary/aromatic N) is 6. The number of anilines is 1. The van der Waals surface area contributed by atoms with E-state index in [-0.39, 0.29) is 0 Å². The highest BCUT2D eigenvalue weighted by molar-refractivity contribution is 5.43. The van der Waals surface area contributed by atoms with Gasteiger partial charge in [-0.3, -0.25) is 4.98 Å². The van der Waals surface area contributed by atoms with Gasteiger partial charge in [0.15, 0.2) is 0 Å². The normalized spacial score (nSPS) is 18.7. The molecule has 0 aromatic carbocycles. The van der Waals surface area contributed by atoms with Crippen molar-refractivity contribution in [2.75, 3.05) is 18.0 Å². The number of piperidine rings is 1. The number of rotatable bonds is 3. The maximum absolute atomic E-state index is 4.69. The zero-order chi connectivity index (χ0) is 15.7. The fraction of sp³-hybridized carbons (Fsp3) is 0.625. The van der Waals surface area contributed by atoms with Crippen molar-refractivity contribution in [1.29, 1.82) is 0 Å². The zero-order valence-corrected chi connectivity index (χ0v) is 13.9. The average Bonchev–Trinajstić information content (AvgIpc) is 2.80. The maximum atomic E-state index is 4.69. The molecule has 6 nitrogen and oxygen atoms in total. The maximum Gasteiger partial charge on any atom is 0.150 e. The van der Waals surface area contributed by atoms with Crippen LogP contribution in [0.4, 0.5) is 5.82 Å². The van der Waals surface area contributed by atoms with Crippen LogP contribution in [0.1, 0.15) is 35.9 Å². The van der Waals surface area contributed by atoms with Crippen LogP contribution in [0, 0.1) is 33.6 Å². The topological polar surface area (TPSA) is 59.7 Å². The quantitative estimate of drug-likeness (QED) is 0.870. The van der Waals surface area contributed by atoms with Crippen LogP contribution in [0.15, 0.2) is 6.20 Å². The fourth-order valence-corrected chi connectivity index (χ4v) is 3.21. The molecule has 22 heavy (non-hydrogen) atoms. The third-order valence-electron chi connectivity index (χ3n) is 4.26. The lowest BCUT2D eigenvalue weighted by Crippen LogP contribution is -2.38. The third-order valence-corrected chi connectivity index (χ3v) is 4.26. The van der Waals surface area contributed by atoms with E-state index in [0.29, 0.717) is 5.92 Å². The van der Waals surface area contributed by atoms with Gasteiger partial charge in [0.25, 0.3) is 0 Å². The molecule has 1 unspecified atom stereocenters. The Morgan fingerprint density at radius 2 is 2.00 bits per heavy atom. The summed E-state index contributed by atoms with van der Waals surface area (Å²) in [6, 6.07) is 0. The number of hydrogen-bond acceptors (Lipinski definition) is 5. The molecule has 2 aromatic rings. The fourth-order valence-electron chi connectivity index (χ4n) is 3.21. The largest absolute Gasteiger partial charge is 0.355 e. The van der Waals surface area contributed by atoms with Crippen LogP contribution in [0.5, 0.6) is 0 Å². The van der Waals surface area contributed by atoms with Gasteiger partial charge < -0.3 is 4.90 Å². The van der Waals surface area contributed by atoms with Crippen molar-refractivity contribution >= 4 is 5.82 Å². The molecule has 0 aliphatic carbocycles. The average molecular weight is 300 g/mol. The van der Waals surface area contributed by atoms with Crippen LogP contribution >= 0.6 is 0 Å². The summed E-state index contributed by atoms with van der Waals surface area (Å²) in [4.78, 5) is 15.9. The summed E-state index contributed by atoms with van der Waals surface area (Å²) in [6.07, 6.45) is 4.25. The summed E-state index contributed by atoms with van der Waals surface area (Å²) in [5.41, 5.74) is 1.99. The van der Waals surface area contributed by atoms with Crippen molar-refractivity contribution in [2.45, 2.75) is 47.1 Å². The lowest BCUT2D eigenvalue weighted by atomic mass is 9.98. The lowest BCUT2D eigenvalue weighted by Gasteiger charge is -2.34. The summed E-state index contributed by atoms with van der Waals surface area (Å²) in [5, 5.41) is 4.49. The van der Waals surface area contributed by atoms with Crippen LogP contribution in [0.2, 0.25) is 0 Å². The Labute approximate surface area is 131 Å². The summed E-state index contributed by atoms with van der Waals surface area (Å²) >= 11 is 0. The minimum Gasteiger partial charge on any atom is -0.355 e. The molecule has 0 saturated carbocycles. The second-order valence-electron chi connectivity index (χ2n) is 6.26. The SMILES string of the molecule is Cc1cnc(C)c(N2CCCC(Cn3nc(C)nc3C)C2)n1. The van der Waals surface area contributed by atoms with Crippen LogP contribution in [-0.4, -0.2) is 37.8 Å². The van der Waals surface area contributed by atoms with E-state index < -0.39 is 0 Å². The van der Waals surface area contributed by atoms with Gasteiger partial charge in [0, 0.05) is 25.8 Å². The summed E-state index contributed by atoms with van der Waals surface area (Å²) in [7, 11) is 0. The van der Waals surface area contributed by atoms with E-state index >= 15 is 0 Å². The van der Waals surface area contributed by atoms with Crippen LogP contribution in [0.25, 0.3) is 0 Å². The van der Waals surface area contributed by atoms with Gasteiger partial charge in [0.2, 0.25) is 0 Å². The van der Waals surface area contributed by atoms with Gasteiger partial charge in [-0.1, -0.05) is 0 Å². The molecule has 0 radical (unpaired) electrons. The Bertz CT molecular complexity index is 663.